The van der Waals surface area contributed by atoms with Crippen LogP contribution < -0.4 is 5.32 Å². The highest BCUT2D eigenvalue weighted by molar-refractivity contribution is 6.06. The van der Waals surface area contributed by atoms with Crippen LogP contribution in [-0.4, -0.2) is 39.4 Å². The lowest BCUT2D eigenvalue weighted by Crippen LogP contribution is -2.40. The molecule has 126 valence electrons. The van der Waals surface area contributed by atoms with E-state index in [1.807, 2.05) is 47.9 Å². The Bertz CT molecular complexity index is 962. The molecule has 6 nitrogen and oxygen atoms in total. The molecule has 0 aliphatic carbocycles. The molecular formula is C19H18N4O2. The van der Waals surface area contributed by atoms with Crippen molar-refractivity contribution in [2.75, 3.05) is 18.4 Å². The predicted octanol–water partition coefficient (Wildman–Crippen LogP) is 2.76. The number of carbonyl (C=O) groups is 2. The van der Waals surface area contributed by atoms with E-state index < -0.39 is 0 Å². The van der Waals surface area contributed by atoms with Gasteiger partial charge < -0.3 is 14.8 Å². The summed E-state index contributed by atoms with van der Waals surface area (Å²) < 4.78 is 1.93. The van der Waals surface area contributed by atoms with E-state index in [4.69, 9.17) is 0 Å². The first-order valence-corrected chi connectivity index (χ1v) is 8.33. The number of amides is 2. The number of hydrogen-bond donors (Lipinski definition) is 1. The van der Waals surface area contributed by atoms with Crippen molar-refractivity contribution in [2.24, 2.45) is 0 Å². The average Bonchev–Trinajstić information content (AvgIpc) is 3.01. The zero-order chi connectivity index (χ0) is 17.4. The molecule has 1 aliphatic heterocycles. The summed E-state index contributed by atoms with van der Waals surface area (Å²) in [7, 11) is 0. The first-order valence-electron chi connectivity index (χ1n) is 8.33. The summed E-state index contributed by atoms with van der Waals surface area (Å²) in [6, 6.07) is 14.7. The molecule has 2 aromatic carbocycles. The Morgan fingerprint density at radius 2 is 1.96 bits per heavy atom. The minimum Gasteiger partial charge on any atom is -0.334 e. The van der Waals surface area contributed by atoms with Gasteiger partial charge in [0.2, 0.25) is 0 Å². The van der Waals surface area contributed by atoms with Crippen LogP contribution in [0.5, 0.6) is 0 Å². The molecule has 0 spiro atoms. The fourth-order valence-corrected chi connectivity index (χ4v) is 3.15. The number of likely N-dealkylation sites (N-methyl/N-ethyl adjacent to an activating group) is 1. The molecule has 4 rings (SSSR count). The summed E-state index contributed by atoms with van der Waals surface area (Å²) in [5.74, 6) is 0.199. The molecule has 25 heavy (non-hydrogen) atoms. The quantitative estimate of drug-likeness (QED) is 0.801. The first kappa shape index (κ1) is 15.4. The maximum Gasteiger partial charge on any atom is 0.289 e. The molecule has 1 aliphatic rings. The van der Waals surface area contributed by atoms with Crippen molar-refractivity contribution < 1.29 is 9.59 Å². The van der Waals surface area contributed by atoms with Gasteiger partial charge in [0.05, 0.1) is 11.0 Å². The molecular weight excluding hydrogens is 316 g/mol. The van der Waals surface area contributed by atoms with Crippen molar-refractivity contribution in [1.29, 1.82) is 0 Å². The summed E-state index contributed by atoms with van der Waals surface area (Å²) in [5.41, 5.74) is 2.81. The number of aromatic nitrogens is 2. The van der Waals surface area contributed by atoms with Crippen LogP contribution in [0.15, 0.2) is 48.5 Å². The van der Waals surface area contributed by atoms with Crippen molar-refractivity contribution in [3.63, 3.8) is 0 Å². The van der Waals surface area contributed by atoms with Gasteiger partial charge in [-0.05, 0) is 37.3 Å². The van der Waals surface area contributed by atoms with E-state index in [0.29, 0.717) is 30.0 Å². The van der Waals surface area contributed by atoms with Crippen LogP contribution in [0.1, 0.15) is 27.9 Å². The Morgan fingerprint density at radius 3 is 2.72 bits per heavy atom. The number of fused-ring (bicyclic) bond motifs is 3. The second-order valence-corrected chi connectivity index (χ2v) is 6.00. The van der Waals surface area contributed by atoms with Crippen LogP contribution in [0.2, 0.25) is 0 Å². The fraction of sp³-hybridized carbons (Fsp3) is 0.211. The number of nitrogens with zero attached hydrogens (tertiary/aromatic N) is 3. The summed E-state index contributed by atoms with van der Waals surface area (Å²) in [5, 5.41) is 2.86. The molecule has 2 amide bonds. The lowest BCUT2D eigenvalue weighted by Gasteiger charge is -2.26. The van der Waals surface area contributed by atoms with E-state index >= 15 is 0 Å². The summed E-state index contributed by atoms with van der Waals surface area (Å²) in [4.78, 5) is 31.1. The standard InChI is InChI=1S/C19H18N4O2/c1-2-22-10-11-23-16-9-8-13(12-15(16)21-17(23)19(22)25)18(24)20-14-6-4-3-5-7-14/h3-9,12H,2,10-11H2,1H3,(H,20,24). The highest BCUT2D eigenvalue weighted by Crippen LogP contribution is 2.22. The summed E-state index contributed by atoms with van der Waals surface area (Å²) in [6.07, 6.45) is 0. The molecule has 1 N–H and O–H groups in total. The Labute approximate surface area is 145 Å². The fourth-order valence-electron chi connectivity index (χ4n) is 3.15. The molecule has 2 heterocycles. The van der Waals surface area contributed by atoms with Gasteiger partial charge in [0.25, 0.3) is 11.8 Å². The molecule has 0 bridgehead atoms. The van der Waals surface area contributed by atoms with Crippen molar-refractivity contribution in [2.45, 2.75) is 13.5 Å². The first-order chi connectivity index (χ1) is 12.2. The highest BCUT2D eigenvalue weighted by atomic mass is 16.2. The molecule has 1 aromatic heterocycles. The number of anilines is 1. The molecule has 0 fully saturated rings. The van der Waals surface area contributed by atoms with Crippen LogP contribution >= 0.6 is 0 Å². The third kappa shape index (κ3) is 2.65. The number of benzene rings is 2. The van der Waals surface area contributed by atoms with Gasteiger partial charge in [-0.2, -0.15) is 0 Å². The van der Waals surface area contributed by atoms with Gasteiger partial charge in [0.15, 0.2) is 5.82 Å². The Balaban J connectivity index is 1.67. The lowest BCUT2D eigenvalue weighted by molar-refractivity contribution is 0.0709. The summed E-state index contributed by atoms with van der Waals surface area (Å²) in [6.45, 7) is 4.04. The average molecular weight is 334 g/mol. The van der Waals surface area contributed by atoms with E-state index in [9.17, 15) is 9.59 Å². The van der Waals surface area contributed by atoms with Crippen LogP contribution in [0.25, 0.3) is 11.0 Å². The van der Waals surface area contributed by atoms with Gasteiger partial charge >= 0.3 is 0 Å². The molecule has 0 saturated heterocycles. The van der Waals surface area contributed by atoms with E-state index in [1.54, 1.807) is 17.0 Å². The molecule has 3 aromatic rings. The number of rotatable bonds is 3. The molecule has 0 unspecified atom stereocenters. The highest BCUT2D eigenvalue weighted by Gasteiger charge is 2.27. The van der Waals surface area contributed by atoms with Crippen molar-refractivity contribution >= 4 is 28.5 Å². The van der Waals surface area contributed by atoms with E-state index in [-0.39, 0.29) is 11.8 Å². The second-order valence-electron chi connectivity index (χ2n) is 6.00. The van der Waals surface area contributed by atoms with E-state index in [0.717, 1.165) is 17.7 Å². The summed E-state index contributed by atoms with van der Waals surface area (Å²) >= 11 is 0. The van der Waals surface area contributed by atoms with Crippen molar-refractivity contribution in [1.82, 2.24) is 14.5 Å². The van der Waals surface area contributed by atoms with E-state index in [2.05, 4.69) is 10.3 Å². The topological polar surface area (TPSA) is 67.2 Å². The van der Waals surface area contributed by atoms with Gasteiger partial charge in [-0.1, -0.05) is 18.2 Å². The zero-order valence-corrected chi connectivity index (χ0v) is 13.9. The molecule has 0 saturated carbocycles. The molecule has 6 heteroatoms. The number of imidazole rings is 1. The monoisotopic (exact) mass is 334 g/mol. The Morgan fingerprint density at radius 1 is 1.16 bits per heavy atom. The normalized spacial score (nSPS) is 13.8. The SMILES string of the molecule is CCN1CCn2c(nc3cc(C(=O)Nc4ccccc4)ccc32)C1=O. The zero-order valence-electron chi connectivity index (χ0n) is 13.9. The molecule has 0 radical (unpaired) electrons. The van der Waals surface area contributed by atoms with Crippen LogP contribution in [0.4, 0.5) is 5.69 Å². The number of nitrogens with one attached hydrogen (secondary N) is 1. The van der Waals surface area contributed by atoms with Gasteiger partial charge in [-0.25, -0.2) is 4.98 Å². The maximum atomic E-state index is 12.4. The molecule has 0 atom stereocenters. The van der Waals surface area contributed by atoms with Crippen LogP contribution in [0, 0.1) is 0 Å². The van der Waals surface area contributed by atoms with Gasteiger partial charge in [-0.3, -0.25) is 9.59 Å². The number of para-hydroxylation sites is 1. The Kier molecular flexibility index (Phi) is 3.72. The van der Waals surface area contributed by atoms with Crippen LogP contribution in [0.3, 0.4) is 0 Å². The third-order valence-electron chi connectivity index (χ3n) is 4.50. The minimum absolute atomic E-state index is 0.0553. The predicted molar refractivity (Wildman–Crippen MR) is 95.7 cm³/mol. The minimum atomic E-state index is -0.194. The maximum absolute atomic E-state index is 12.4. The van der Waals surface area contributed by atoms with Crippen molar-refractivity contribution in [3.05, 3.63) is 59.9 Å². The van der Waals surface area contributed by atoms with Gasteiger partial charge in [-0.15, -0.1) is 0 Å². The van der Waals surface area contributed by atoms with Gasteiger partial charge in [0.1, 0.15) is 0 Å². The number of carbonyl (C=O) groups excluding carboxylic acids is 2. The second kappa shape index (κ2) is 6.05. The smallest absolute Gasteiger partial charge is 0.289 e. The largest absolute Gasteiger partial charge is 0.334 e. The van der Waals surface area contributed by atoms with Crippen LogP contribution in [-0.2, 0) is 6.54 Å². The van der Waals surface area contributed by atoms with Crippen molar-refractivity contribution in [3.8, 4) is 0 Å². The van der Waals surface area contributed by atoms with E-state index in [1.165, 1.54) is 0 Å². The third-order valence-corrected chi connectivity index (χ3v) is 4.50. The Hall–Kier alpha value is -3.15. The van der Waals surface area contributed by atoms with Gasteiger partial charge in [0, 0.05) is 30.9 Å². The lowest BCUT2D eigenvalue weighted by atomic mass is 10.2. The number of hydrogen-bond acceptors (Lipinski definition) is 3.